The van der Waals surface area contributed by atoms with E-state index in [1.807, 2.05) is 18.9 Å². The number of halogens is 2. The van der Waals surface area contributed by atoms with Crippen molar-refractivity contribution in [1.82, 2.24) is 19.6 Å². The van der Waals surface area contributed by atoms with Gasteiger partial charge in [0.2, 0.25) is 0 Å². The Bertz CT molecular complexity index is 753. The quantitative estimate of drug-likeness (QED) is 0.854. The summed E-state index contributed by atoms with van der Waals surface area (Å²) in [7, 11) is 1.81. The van der Waals surface area contributed by atoms with Crippen molar-refractivity contribution >= 4 is 17.5 Å². The molecule has 0 atom stereocenters. The summed E-state index contributed by atoms with van der Waals surface area (Å²) in [6.07, 6.45) is 1.77. The number of nitrogens with zero attached hydrogens (tertiary/aromatic N) is 4. The Labute approximate surface area is 145 Å². The fourth-order valence-corrected chi connectivity index (χ4v) is 3.21. The number of amides is 1. The largest absolute Gasteiger partial charge is 0.336 e. The van der Waals surface area contributed by atoms with Crippen LogP contribution in [0.4, 0.5) is 4.39 Å². The average Bonchev–Trinajstić information content (AvgIpc) is 2.88. The molecule has 7 heteroatoms. The molecule has 2 heterocycles. The van der Waals surface area contributed by atoms with Crippen LogP contribution in [0.25, 0.3) is 0 Å². The van der Waals surface area contributed by atoms with Gasteiger partial charge in [-0.3, -0.25) is 14.4 Å². The van der Waals surface area contributed by atoms with Gasteiger partial charge in [-0.2, -0.15) is 5.10 Å². The van der Waals surface area contributed by atoms with E-state index in [1.54, 1.807) is 16.9 Å². The Morgan fingerprint density at radius 3 is 2.58 bits per heavy atom. The molecular weight excluding hydrogens is 331 g/mol. The third-order valence-corrected chi connectivity index (χ3v) is 4.66. The smallest absolute Gasteiger partial charge is 0.257 e. The molecule has 0 aliphatic carbocycles. The van der Waals surface area contributed by atoms with Gasteiger partial charge in [0, 0.05) is 51.0 Å². The molecule has 0 spiro atoms. The standard InChI is InChI=1S/C17H20ClFN4O/c1-12-15(11-21(2)20-12)17(24)23-7-5-22(6-8-23)10-13-3-4-14(19)9-16(13)18/h3-4,9,11H,5-8,10H2,1-2H3. The highest BCUT2D eigenvalue weighted by Crippen LogP contribution is 2.20. The summed E-state index contributed by atoms with van der Waals surface area (Å²) < 4.78 is 14.8. The summed E-state index contributed by atoms with van der Waals surface area (Å²) in [4.78, 5) is 16.7. The number of aryl methyl sites for hydroxylation is 2. The number of carbonyl (C=O) groups is 1. The summed E-state index contributed by atoms with van der Waals surface area (Å²) in [6.45, 7) is 5.35. The van der Waals surface area contributed by atoms with Gasteiger partial charge >= 0.3 is 0 Å². The monoisotopic (exact) mass is 350 g/mol. The van der Waals surface area contributed by atoms with Gasteiger partial charge in [0.1, 0.15) is 5.82 Å². The molecule has 1 aromatic carbocycles. The van der Waals surface area contributed by atoms with Crippen LogP contribution < -0.4 is 0 Å². The van der Waals surface area contributed by atoms with Crippen molar-refractivity contribution in [2.24, 2.45) is 7.05 Å². The average molecular weight is 351 g/mol. The molecule has 24 heavy (non-hydrogen) atoms. The van der Waals surface area contributed by atoms with Crippen LogP contribution in [0.3, 0.4) is 0 Å². The first-order valence-corrected chi connectivity index (χ1v) is 8.27. The number of carbonyl (C=O) groups excluding carboxylic acids is 1. The fraction of sp³-hybridized carbons (Fsp3) is 0.412. The molecule has 0 bridgehead atoms. The molecule has 3 rings (SSSR count). The lowest BCUT2D eigenvalue weighted by Crippen LogP contribution is -2.48. The minimum Gasteiger partial charge on any atom is -0.336 e. The Balaban J connectivity index is 1.59. The summed E-state index contributed by atoms with van der Waals surface area (Å²) in [5.41, 5.74) is 2.32. The van der Waals surface area contributed by atoms with Crippen LogP contribution in [0.5, 0.6) is 0 Å². The summed E-state index contributed by atoms with van der Waals surface area (Å²) in [5, 5.41) is 4.67. The van der Waals surface area contributed by atoms with E-state index in [2.05, 4.69) is 10.00 Å². The van der Waals surface area contributed by atoms with Crippen LogP contribution in [0.15, 0.2) is 24.4 Å². The summed E-state index contributed by atoms with van der Waals surface area (Å²) in [6, 6.07) is 4.47. The molecule has 5 nitrogen and oxygen atoms in total. The number of aromatic nitrogens is 2. The topological polar surface area (TPSA) is 41.4 Å². The number of hydrogen-bond acceptors (Lipinski definition) is 3. The Morgan fingerprint density at radius 1 is 1.29 bits per heavy atom. The first-order valence-electron chi connectivity index (χ1n) is 7.90. The number of hydrogen-bond donors (Lipinski definition) is 0. The van der Waals surface area contributed by atoms with Crippen molar-refractivity contribution in [3.05, 3.63) is 52.1 Å². The zero-order valence-electron chi connectivity index (χ0n) is 13.8. The second-order valence-electron chi connectivity index (χ2n) is 6.11. The zero-order chi connectivity index (χ0) is 17.3. The van der Waals surface area contributed by atoms with E-state index >= 15 is 0 Å². The van der Waals surface area contributed by atoms with Crippen LogP contribution in [0.2, 0.25) is 5.02 Å². The molecule has 0 N–H and O–H groups in total. The van der Waals surface area contributed by atoms with Crippen molar-refractivity contribution < 1.29 is 9.18 Å². The third-order valence-electron chi connectivity index (χ3n) is 4.31. The first-order chi connectivity index (χ1) is 11.4. The van der Waals surface area contributed by atoms with E-state index in [4.69, 9.17) is 11.6 Å². The Morgan fingerprint density at radius 2 is 2.00 bits per heavy atom. The van der Waals surface area contributed by atoms with Gasteiger partial charge in [-0.15, -0.1) is 0 Å². The van der Waals surface area contributed by atoms with Gasteiger partial charge in [-0.1, -0.05) is 17.7 Å². The molecule has 1 saturated heterocycles. The van der Waals surface area contributed by atoms with Crippen molar-refractivity contribution in [2.75, 3.05) is 26.2 Å². The Kier molecular flexibility index (Phi) is 4.87. The lowest BCUT2D eigenvalue weighted by Gasteiger charge is -2.34. The molecule has 1 fully saturated rings. The lowest BCUT2D eigenvalue weighted by atomic mass is 10.1. The summed E-state index contributed by atoms with van der Waals surface area (Å²) in [5.74, 6) is -0.300. The lowest BCUT2D eigenvalue weighted by molar-refractivity contribution is 0.0627. The first kappa shape index (κ1) is 16.9. The van der Waals surface area contributed by atoms with E-state index in [0.29, 0.717) is 30.2 Å². The molecule has 1 aliphatic heterocycles. The molecule has 1 amide bonds. The normalized spacial score (nSPS) is 15.8. The molecule has 0 saturated carbocycles. The van der Waals surface area contributed by atoms with E-state index in [1.165, 1.54) is 12.1 Å². The maximum atomic E-state index is 13.1. The maximum absolute atomic E-state index is 13.1. The second-order valence-corrected chi connectivity index (χ2v) is 6.51. The van der Waals surface area contributed by atoms with Crippen LogP contribution in [0, 0.1) is 12.7 Å². The van der Waals surface area contributed by atoms with E-state index in [9.17, 15) is 9.18 Å². The molecule has 0 radical (unpaired) electrons. The third kappa shape index (κ3) is 3.60. The van der Waals surface area contributed by atoms with Gasteiger partial charge < -0.3 is 4.90 Å². The SMILES string of the molecule is Cc1nn(C)cc1C(=O)N1CCN(Cc2ccc(F)cc2Cl)CC1. The van der Waals surface area contributed by atoms with Gasteiger partial charge in [0.15, 0.2) is 0 Å². The van der Waals surface area contributed by atoms with E-state index in [0.717, 1.165) is 24.3 Å². The predicted molar refractivity (Wildman–Crippen MR) is 90.5 cm³/mol. The maximum Gasteiger partial charge on any atom is 0.257 e. The number of benzene rings is 1. The minimum atomic E-state index is -0.328. The minimum absolute atomic E-state index is 0.0278. The van der Waals surface area contributed by atoms with E-state index < -0.39 is 0 Å². The van der Waals surface area contributed by atoms with Gasteiger partial charge in [-0.05, 0) is 24.6 Å². The van der Waals surface area contributed by atoms with Gasteiger partial charge in [-0.25, -0.2) is 4.39 Å². The molecule has 0 unspecified atom stereocenters. The zero-order valence-corrected chi connectivity index (χ0v) is 14.6. The van der Waals surface area contributed by atoms with Crippen LogP contribution in [-0.2, 0) is 13.6 Å². The van der Waals surface area contributed by atoms with Crippen molar-refractivity contribution in [2.45, 2.75) is 13.5 Å². The van der Waals surface area contributed by atoms with Gasteiger partial charge in [0.05, 0.1) is 11.3 Å². The number of rotatable bonds is 3. The second kappa shape index (κ2) is 6.91. The van der Waals surface area contributed by atoms with Gasteiger partial charge in [0.25, 0.3) is 5.91 Å². The molecule has 2 aromatic rings. The van der Waals surface area contributed by atoms with Crippen LogP contribution >= 0.6 is 11.6 Å². The van der Waals surface area contributed by atoms with Crippen LogP contribution in [-0.4, -0.2) is 51.7 Å². The molecule has 1 aliphatic rings. The highest BCUT2D eigenvalue weighted by Gasteiger charge is 2.24. The molecule has 1 aromatic heterocycles. The van der Waals surface area contributed by atoms with Crippen LogP contribution in [0.1, 0.15) is 21.6 Å². The highest BCUT2D eigenvalue weighted by atomic mass is 35.5. The number of piperazine rings is 1. The fourth-order valence-electron chi connectivity index (χ4n) is 2.98. The van der Waals surface area contributed by atoms with Crippen molar-refractivity contribution in [1.29, 1.82) is 0 Å². The molecule has 128 valence electrons. The predicted octanol–water partition coefficient (Wildman–Crippen LogP) is 2.48. The van der Waals surface area contributed by atoms with Crippen molar-refractivity contribution in [3.8, 4) is 0 Å². The summed E-state index contributed by atoms with van der Waals surface area (Å²) >= 11 is 6.09. The van der Waals surface area contributed by atoms with Crippen molar-refractivity contribution in [3.63, 3.8) is 0 Å². The Hall–Kier alpha value is -1.92. The van der Waals surface area contributed by atoms with E-state index in [-0.39, 0.29) is 11.7 Å². The molecular formula is C17H20ClFN4O. The highest BCUT2D eigenvalue weighted by molar-refractivity contribution is 6.31.